The first kappa shape index (κ1) is 26.1. The minimum Gasteiger partial charge on any atom is -0.462 e. The minimum absolute atomic E-state index is 0.0950. The third-order valence-corrected chi connectivity index (χ3v) is 6.39. The SMILES string of the molecule is CCOC(=O)c1sc(NC(=O)CN(Cc2ccccc2)Cc2ccccc2)c(C(=O)OCC)c1C. The summed E-state index contributed by atoms with van der Waals surface area (Å²) in [4.78, 5) is 40.5. The van der Waals surface area contributed by atoms with Crippen molar-refractivity contribution < 1.29 is 23.9 Å². The molecule has 1 heterocycles. The summed E-state index contributed by atoms with van der Waals surface area (Å²) >= 11 is 1.03. The van der Waals surface area contributed by atoms with E-state index in [-0.39, 0.29) is 41.1 Å². The maximum atomic E-state index is 13.1. The molecule has 1 aromatic heterocycles. The van der Waals surface area contributed by atoms with E-state index in [1.54, 1.807) is 20.8 Å². The molecule has 0 bridgehead atoms. The van der Waals surface area contributed by atoms with Crippen molar-refractivity contribution in [3.63, 3.8) is 0 Å². The van der Waals surface area contributed by atoms with E-state index in [0.29, 0.717) is 18.7 Å². The molecule has 0 atom stereocenters. The van der Waals surface area contributed by atoms with Crippen LogP contribution in [-0.2, 0) is 27.4 Å². The minimum atomic E-state index is -0.586. The van der Waals surface area contributed by atoms with Gasteiger partial charge in [-0.1, -0.05) is 60.7 Å². The summed E-state index contributed by atoms with van der Waals surface area (Å²) in [5.41, 5.74) is 2.79. The molecular weight excluding hydrogens is 464 g/mol. The summed E-state index contributed by atoms with van der Waals surface area (Å²) in [6.07, 6.45) is 0. The number of rotatable bonds is 11. The number of carbonyl (C=O) groups excluding carboxylic acids is 3. The Kier molecular flexibility index (Phi) is 9.57. The third-order valence-electron chi connectivity index (χ3n) is 5.21. The molecule has 0 saturated carbocycles. The molecule has 184 valence electrons. The van der Waals surface area contributed by atoms with Crippen LogP contribution in [0.1, 0.15) is 50.6 Å². The Hall–Kier alpha value is -3.49. The maximum Gasteiger partial charge on any atom is 0.348 e. The average molecular weight is 495 g/mol. The highest BCUT2D eigenvalue weighted by atomic mass is 32.1. The standard InChI is InChI=1S/C27H30N2O5S/c1-4-33-26(31)23-19(3)24(27(32)34-5-2)35-25(23)28-22(30)18-29(16-20-12-8-6-9-13-20)17-21-14-10-7-11-15-21/h6-15H,4-5,16-18H2,1-3H3,(H,28,30). The quantitative estimate of drug-likeness (QED) is 0.376. The molecule has 0 aliphatic rings. The van der Waals surface area contributed by atoms with E-state index in [4.69, 9.17) is 9.47 Å². The Labute approximate surface area is 209 Å². The molecule has 1 N–H and O–H groups in total. The van der Waals surface area contributed by atoms with Crippen molar-refractivity contribution in [1.82, 2.24) is 4.90 Å². The van der Waals surface area contributed by atoms with Gasteiger partial charge in [0.1, 0.15) is 9.88 Å². The molecule has 7 nitrogen and oxygen atoms in total. The molecule has 3 rings (SSSR count). The predicted molar refractivity (Wildman–Crippen MR) is 137 cm³/mol. The molecule has 0 aliphatic carbocycles. The molecule has 0 saturated heterocycles. The number of amides is 1. The number of anilines is 1. The molecular formula is C27H30N2O5S. The van der Waals surface area contributed by atoms with Gasteiger partial charge in [-0.15, -0.1) is 11.3 Å². The monoisotopic (exact) mass is 494 g/mol. The molecule has 0 radical (unpaired) electrons. The Morgan fingerprint density at radius 3 is 1.86 bits per heavy atom. The fraction of sp³-hybridized carbons (Fsp3) is 0.296. The van der Waals surface area contributed by atoms with Crippen molar-refractivity contribution in [3.05, 3.63) is 87.8 Å². The van der Waals surface area contributed by atoms with Crippen LogP contribution in [-0.4, -0.2) is 42.5 Å². The maximum absolute atomic E-state index is 13.1. The van der Waals surface area contributed by atoms with Crippen LogP contribution in [0, 0.1) is 6.92 Å². The van der Waals surface area contributed by atoms with Crippen LogP contribution in [0.3, 0.4) is 0 Å². The van der Waals surface area contributed by atoms with Gasteiger partial charge in [-0.25, -0.2) is 9.59 Å². The number of nitrogens with one attached hydrogen (secondary N) is 1. The Balaban J connectivity index is 1.83. The van der Waals surface area contributed by atoms with Gasteiger partial charge in [0.05, 0.1) is 25.3 Å². The van der Waals surface area contributed by atoms with E-state index in [0.717, 1.165) is 22.5 Å². The highest BCUT2D eigenvalue weighted by Crippen LogP contribution is 2.34. The number of benzene rings is 2. The molecule has 2 aromatic carbocycles. The summed E-state index contributed by atoms with van der Waals surface area (Å²) in [5, 5.41) is 3.12. The Morgan fingerprint density at radius 1 is 0.829 bits per heavy atom. The number of nitrogens with zero attached hydrogens (tertiary/aromatic N) is 1. The number of hydrogen-bond acceptors (Lipinski definition) is 7. The highest BCUT2D eigenvalue weighted by Gasteiger charge is 2.27. The van der Waals surface area contributed by atoms with Crippen LogP contribution in [0.15, 0.2) is 60.7 Å². The largest absolute Gasteiger partial charge is 0.462 e. The first-order valence-electron chi connectivity index (χ1n) is 11.5. The van der Waals surface area contributed by atoms with E-state index in [2.05, 4.69) is 5.32 Å². The predicted octanol–water partition coefficient (Wildman–Crippen LogP) is 5.05. The number of carbonyl (C=O) groups is 3. The molecule has 1 amide bonds. The number of hydrogen-bond donors (Lipinski definition) is 1. The van der Waals surface area contributed by atoms with E-state index in [1.807, 2.05) is 65.6 Å². The van der Waals surface area contributed by atoms with Gasteiger partial charge < -0.3 is 14.8 Å². The van der Waals surface area contributed by atoms with Crippen LogP contribution < -0.4 is 5.32 Å². The van der Waals surface area contributed by atoms with Gasteiger partial charge in [-0.2, -0.15) is 0 Å². The summed E-state index contributed by atoms with van der Waals surface area (Å²) < 4.78 is 10.3. The van der Waals surface area contributed by atoms with Crippen molar-refractivity contribution in [2.24, 2.45) is 0 Å². The number of thiophene rings is 1. The summed E-state index contributed by atoms with van der Waals surface area (Å²) in [6.45, 7) is 6.70. The smallest absolute Gasteiger partial charge is 0.348 e. The lowest BCUT2D eigenvalue weighted by Gasteiger charge is -2.22. The Bertz CT molecular complexity index is 1100. The van der Waals surface area contributed by atoms with Crippen molar-refractivity contribution in [3.8, 4) is 0 Å². The van der Waals surface area contributed by atoms with Crippen LogP contribution in [0.5, 0.6) is 0 Å². The molecule has 0 aliphatic heterocycles. The fourth-order valence-corrected chi connectivity index (χ4v) is 4.77. The van der Waals surface area contributed by atoms with Gasteiger partial charge >= 0.3 is 11.9 Å². The van der Waals surface area contributed by atoms with Gasteiger partial charge in [0.2, 0.25) is 5.91 Å². The second-order valence-corrected chi connectivity index (χ2v) is 8.89. The molecule has 0 fully saturated rings. The zero-order valence-electron chi connectivity index (χ0n) is 20.2. The van der Waals surface area contributed by atoms with Crippen molar-refractivity contribution in [1.29, 1.82) is 0 Å². The first-order valence-corrected chi connectivity index (χ1v) is 12.3. The van der Waals surface area contributed by atoms with Crippen molar-refractivity contribution in [2.45, 2.75) is 33.9 Å². The number of ether oxygens (including phenoxy) is 2. The van der Waals surface area contributed by atoms with Gasteiger partial charge in [0.15, 0.2) is 0 Å². The Morgan fingerprint density at radius 2 is 1.34 bits per heavy atom. The number of esters is 2. The lowest BCUT2D eigenvalue weighted by Crippen LogP contribution is -2.32. The summed E-state index contributed by atoms with van der Waals surface area (Å²) in [6, 6.07) is 19.8. The topological polar surface area (TPSA) is 84.9 Å². The van der Waals surface area contributed by atoms with Gasteiger partial charge in [-0.05, 0) is 37.5 Å². The van der Waals surface area contributed by atoms with Crippen molar-refractivity contribution in [2.75, 3.05) is 25.1 Å². The second kappa shape index (κ2) is 12.8. The van der Waals surface area contributed by atoms with Gasteiger partial charge in [0.25, 0.3) is 0 Å². The van der Waals surface area contributed by atoms with Crippen molar-refractivity contribution >= 4 is 34.2 Å². The highest BCUT2D eigenvalue weighted by molar-refractivity contribution is 7.18. The lowest BCUT2D eigenvalue weighted by atomic mass is 10.1. The molecule has 8 heteroatoms. The van der Waals surface area contributed by atoms with Crippen LogP contribution in [0.2, 0.25) is 0 Å². The zero-order valence-corrected chi connectivity index (χ0v) is 21.0. The molecule has 0 spiro atoms. The lowest BCUT2D eigenvalue weighted by molar-refractivity contribution is -0.117. The average Bonchev–Trinajstić information content (AvgIpc) is 3.16. The van der Waals surface area contributed by atoms with Crippen LogP contribution >= 0.6 is 11.3 Å². The summed E-state index contributed by atoms with van der Waals surface area (Å²) in [5.74, 6) is -1.41. The summed E-state index contributed by atoms with van der Waals surface area (Å²) in [7, 11) is 0. The van der Waals surface area contributed by atoms with E-state index >= 15 is 0 Å². The molecule has 3 aromatic rings. The van der Waals surface area contributed by atoms with E-state index in [1.165, 1.54) is 0 Å². The van der Waals surface area contributed by atoms with Gasteiger partial charge in [0, 0.05) is 13.1 Å². The molecule has 0 unspecified atom stereocenters. The zero-order chi connectivity index (χ0) is 25.2. The first-order chi connectivity index (χ1) is 16.9. The fourth-order valence-electron chi connectivity index (χ4n) is 3.66. The molecule has 35 heavy (non-hydrogen) atoms. The van der Waals surface area contributed by atoms with Gasteiger partial charge in [-0.3, -0.25) is 9.69 Å². The van der Waals surface area contributed by atoms with E-state index < -0.39 is 11.9 Å². The normalized spacial score (nSPS) is 10.7. The van der Waals surface area contributed by atoms with E-state index in [9.17, 15) is 14.4 Å². The van der Waals surface area contributed by atoms with Crippen LogP contribution in [0.4, 0.5) is 5.00 Å². The third kappa shape index (κ3) is 7.24. The second-order valence-electron chi connectivity index (χ2n) is 7.87. The van der Waals surface area contributed by atoms with Crippen LogP contribution in [0.25, 0.3) is 0 Å².